The van der Waals surface area contributed by atoms with Gasteiger partial charge in [-0.1, -0.05) is 45.7 Å². The summed E-state index contributed by atoms with van der Waals surface area (Å²) in [4.78, 5) is 31.7. The number of amides is 1. The molecule has 5 nitrogen and oxygen atoms in total. The van der Waals surface area contributed by atoms with E-state index in [9.17, 15) is 14.7 Å². The topological polar surface area (TPSA) is 70.5 Å². The number of hydrogen-bond acceptors (Lipinski definition) is 4. The molecule has 0 saturated carbocycles. The minimum Gasteiger partial charge on any atom is -0.507 e. The number of carbonyl (C=O) groups excluding carboxylic acids is 2. The molecule has 0 aliphatic carbocycles. The summed E-state index contributed by atoms with van der Waals surface area (Å²) in [5.74, 6) is -1.77. The van der Waals surface area contributed by atoms with Gasteiger partial charge in [-0.2, -0.15) is 0 Å². The molecule has 1 aromatic heterocycles. The third-order valence-electron chi connectivity index (χ3n) is 4.93. The lowest BCUT2D eigenvalue weighted by Gasteiger charge is -2.24. The molecule has 1 aliphatic heterocycles. The number of aromatic nitrogens is 1. The molecule has 1 N–H and O–H groups in total. The first-order valence-electron chi connectivity index (χ1n) is 9.12. The Kier molecular flexibility index (Phi) is 5.45. The van der Waals surface area contributed by atoms with Gasteiger partial charge in [0.05, 0.1) is 11.3 Å². The van der Waals surface area contributed by atoms with Crippen molar-refractivity contribution < 1.29 is 14.7 Å². The van der Waals surface area contributed by atoms with Crippen LogP contribution in [0.3, 0.4) is 0 Å². The fraction of sp³-hybridized carbons (Fsp3) is 0.0870. The molecule has 2 aromatic carbocycles. The van der Waals surface area contributed by atoms with Crippen LogP contribution < -0.4 is 4.90 Å². The molecule has 0 radical (unpaired) electrons. The van der Waals surface area contributed by atoms with Crippen LogP contribution in [0.5, 0.6) is 0 Å². The maximum absolute atomic E-state index is 13.0. The molecule has 1 fully saturated rings. The SMILES string of the molecule is Cc1cc(/C(O)=C2\C(=O)C(=O)N(c3cccc(Cl)c3)C2c2ccccn2)ccc1Br. The number of hydrogen-bond donors (Lipinski definition) is 1. The largest absolute Gasteiger partial charge is 0.507 e. The van der Waals surface area contributed by atoms with Gasteiger partial charge in [-0.15, -0.1) is 0 Å². The highest BCUT2D eigenvalue weighted by Crippen LogP contribution is 2.42. The van der Waals surface area contributed by atoms with Gasteiger partial charge in [-0.25, -0.2) is 0 Å². The highest BCUT2D eigenvalue weighted by Gasteiger charge is 2.47. The van der Waals surface area contributed by atoms with Crippen molar-refractivity contribution in [3.63, 3.8) is 0 Å². The Balaban J connectivity index is 1.95. The maximum Gasteiger partial charge on any atom is 0.300 e. The summed E-state index contributed by atoms with van der Waals surface area (Å²) in [7, 11) is 0. The van der Waals surface area contributed by atoms with Crippen LogP contribution in [0.1, 0.15) is 22.9 Å². The first-order chi connectivity index (χ1) is 14.4. The number of anilines is 1. The average molecular weight is 484 g/mol. The number of halogens is 2. The van der Waals surface area contributed by atoms with Crippen LogP contribution in [0, 0.1) is 6.92 Å². The predicted molar refractivity (Wildman–Crippen MR) is 119 cm³/mol. The van der Waals surface area contributed by atoms with E-state index in [0.717, 1.165) is 10.0 Å². The summed E-state index contributed by atoms with van der Waals surface area (Å²) < 4.78 is 0.875. The molecule has 1 unspecified atom stereocenters. The Labute approximate surface area is 186 Å². The molecule has 150 valence electrons. The standard InChI is InChI=1S/C23H16BrClN2O3/c1-13-11-14(8-9-17(13)24)21(28)19-20(18-7-2-3-10-26-18)27(23(30)22(19)29)16-6-4-5-15(25)12-16/h2-12,20,28H,1H3/b21-19+. The van der Waals surface area contributed by atoms with Crippen molar-refractivity contribution in [2.24, 2.45) is 0 Å². The predicted octanol–water partition coefficient (Wildman–Crippen LogP) is 5.43. The molecular weight excluding hydrogens is 468 g/mol. The lowest BCUT2D eigenvalue weighted by molar-refractivity contribution is -0.132. The third kappa shape index (κ3) is 3.53. The summed E-state index contributed by atoms with van der Waals surface area (Å²) in [6.07, 6.45) is 1.58. The molecule has 7 heteroatoms. The van der Waals surface area contributed by atoms with E-state index in [-0.39, 0.29) is 11.3 Å². The molecular formula is C23H16BrClN2O3. The van der Waals surface area contributed by atoms with Crippen LogP contribution in [0.4, 0.5) is 5.69 Å². The molecule has 1 aliphatic rings. The summed E-state index contributed by atoms with van der Waals surface area (Å²) in [6, 6.07) is 16.2. The Morgan fingerprint density at radius 1 is 1.10 bits per heavy atom. The fourth-order valence-corrected chi connectivity index (χ4v) is 3.92. The van der Waals surface area contributed by atoms with Gasteiger partial charge in [0.15, 0.2) is 0 Å². The third-order valence-corrected chi connectivity index (χ3v) is 6.05. The van der Waals surface area contributed by atoms with Gasteiger partial charge in [-0.3, -0.25) is 19.5 Å². The summed E-state index contributed by atoms with van der Waals surface area (Å²) in [5, 5.41) is 11.5. The Hall–Kier alpha value is -2.96. The Morgan fingerprint density at radius 3 is 2.57 bits per heavy atom. The molecule has 0 bridgehead atoms. The zero-order valence-electron chi connectivity index (χ0n) is 15.8. The van der Waals surface area contributed by atoms with Crippen molar-refractivity contribution in [1.82, 2.24) is 4.98 Å². The van der Waals surface area contributed by atoms with Gasteiger partial charge in [0.25, 0.3) is 11.7 Å². The molecule has 3 aromatic rings. The number of carbonyl (C=O) groups is 2. The van der Waals surface area contributed by atoms with Gasteiger partial charge < -0.3 is 5.11 Å². The molecule has 1 saturated heterocycles. The lowest BCUT2D eigenvalue weighted by atomic mass is 9.97. The van der Waals surface area contributed by atoms with E-state index in [2.05, 4.69) is 20.9 Å². The monoisotopic (exact) mass is 482 g/mol. The number of benzene rings is 2. The summed E-state index contributed by atoms with van der Waals surface area (Å²) >= 11 is 9.55. The number of Topliss-reactive ketones (excluding diaryl/α,β-unsaturated/α-hetero) is 1. The zero-order valence-corrected chi connectivity index (χ0v) is 18.2. The number of ketones is 1. The lowest BCUT2D eigenvalue weighted by Crippen LogP contribution is -2.29. The van der Waals surface area contributed by atoms with Crippen molar-refractivity contribution in [3.8, 4) is 0 Å². The van der Waals surface area contributed by atoms with Crippen molar-refractivity contribution >= 4 is 50.7 Å². The van der Waals surface area contributed by atoms with Crippen molar-refractivity contribution in [2.75, 3.05) is 4.90 Å². The number of pyridine rings is 1. The zero-order chi connectivity index (χ0) is 21.4. The van der Waals surface area contributed by atoms with Gasteiger partial charge in [-0.05, 0) is 55.0 Å². The van der Waals surface area contributed by atoms with Crippen LogP contribution in [0.2, 0.25) is 5.02 Å². The fourth-order valence-electron chi connectivity index (χ4n) is 3.49. The molecule has 1 atom stereocenters. The van der Waals surface area contributed by atoms with Gasteiger partial charge >= 0.3 is 0 Å². The van der Waals surface area contributed by atoms with E-state index in [1.54, 1.807) is 66.9 Å². The molecule has 30 heavy (non-hydrogen) atoms. The number of rotatable bonds is 3. The smallest absolute Gasteiger partial charge is 0.300 e. The Morgan fingerprint density at radius 2 is 1.90 bits per heavy atom. The quantitative estimate of drug-likeness (QED) is 0.306. The number of nitrogens with zero attached hydrogens (tertiary/aromatic N) is 2. The van der Waals surface area contributed by atoms with E-state index in [1.807, 2.05) is 6.92 Å². The molecule has 2 heterocycles. The second-order valence-corrected chi connectivity index (χ2v) is 8.16. The van der Waals surface area contributed by atoms with Crippen LogP contribution in [0.25, 0.3) is 5.76 Å². The highest BCUT2D eigenvalue weighted by atomic mass is 79.9. The van der Waals surface area contributed by atoms with E-state index in [1.165, 1.54) is 4.90 Å². The minimum absolute atomic E-state index is 0.0135. The van der Waals surface area contributed by atoms with E-state index >= 15 is 0 Å². The summed E-state index contributed by atoms with van der Waals surface area (Å²) in [6.45, 7) is 1.88. The normalized spacial score (nSPS) is 18.1. The highest BCUT2D eigenvalue weighted by molar-refractivity contribution is 9.10. The first kappa shape index (κ1) is 20.3. The van der Waals surface area contributed by atoms with E-state index in [4.69, 9.17) is 11.6 Å². The van der Waals surface area contributed by atoms with Gasteiger partial charge in [0.1, 0.15) is 11.8 Å². The molecule has 4 rings (SSSR count). The Bertz CT molecular complexity index is 1190. The number of aryl methyl sites for hydroxylation is 1. The number of aliphatic hydroxyl groups is 1. The number of aliphatic hydroxyl groups excluding tert-OH is 1. The first-order valence-corrected chi connectivity index (χ1v) is 10.3. The van der Waals surface area contributed by atoms with Gasteiger partial charge in [0, 0.05) is 26.9 Å². The second-order valence-electron chi connectivity index (χ2n) is 6.87. The maximum atomic E-state index is 13.0. The van der Waals surface area contributed by atoms with Crippen molar-refractivity contribution in [1.29, 1.82) is 0 Å². The minimum atomic E-state index is -0.881. The second kappa shape index (κ2) is 8.05. The van der Waals surface area contributed by atoms with E-state index < -0.39 is 17.7 Å². The van der Waals surface area contributed by atoms with Crippen molar-refractivity contribution in [3.05, 3.63) is 98.7 Å². The average Bonchev–Trinajstić information content (AvgIpc) is 3.01. The van der Waals surface area contributed by atoms with Crippen LogP contribution in [-0.2, 0) is 9.59 Å². The van der Waals surface area contributed by atoms with Crippen LogP contribution >= 0.6 is 27.5 Å². The molecule has 1 amide bonds. The van der Waals surface area contributed by atoms with Gasteiger partial charge in [0.2, 0.25) is 0 Å². The molecule has 0 spiro atoms. The summed E-state index contributed by atoms with van der Waals surface area (Å²) in [5.41, 5.74) is 2.23. The van der Waals surface area contributed by atoms with E-state index in [0.29, 0.717) is 22.0 Å². The van der Waals surface area contributed by atoms with Crippen LogP contribution in [0.15, 0.2) is 76.9 Å². The van der Waals surface area contributed by atoms with Crippen LogP contribution in [-0.4, -0.2) is 21.8 Å². The van der Waals surface area contributed by atoms with Crippen molar-refractivity contribution in [2.45, 2.75) is 13.0 Å².